The van der Waals surface area contributed by atoms with Crippen LogP contribution in [0.3, 0.4) is 0 Å². The fourth-order valence-electron chi connectivity index (χ4n) is 2.63. The van der Waals surface area contributed by atoms with Crippen LogP contribution in [0, 0.1) is 0 Å². The van der Waals surface area contributed by atoms with Crippen LogP contribution in [0.4, 0.5) is 10.5 Å². The number of amides is 2. The molecular formula is C16H21N5O3. The van der Waals surface area contributed by atoms with Crippen molar-refractivity contribution in [1.82, 2.24) is 20.1 Å². The number of carbonyl (C=O) groups excluding carboxylic acids is 1. The number of benzene rings is 1. The fourth-order valence-corrected chi connectivity index (χ4v) is 2.63. The van der Waals surface area contributed by atoms with Crippen molar-refractivity contribution in [3.05, 3.63) is 42.5 Å². The predicted molar refractivity (Wildman–Crippen MR) is 87.7 cm³/mol. The quantitative estimate of drug-likeness (QED) is 0.831. The van der Waals surface area contributed by atoms with Gasteiger partial charge >= 0.3 is 6.03 Å². The van der Waals surface area contributed by atoms with Crippen LogP contribution in [0.5, 0.6) is 0 Å². The maximum atomic E-state index is 12.2. The SMILES string of the molecule is CCO[C@H]1COC[C@@H]1NC(=O)Nc1cccc(Cn2cncn2)c1. The molecule has 1 aliphatic rings. The van der Waals surface area contributed by atoms with Crippen molar-refractivity contribution in [2.24, 2.45) is 0 Å². The largest absolute Gasteiger partial charge is 0.376 e. The second kappa shape index (κ2) is 7.89. The minimum absolute atomic E-state index is 0.0978. The number of nitrogens with one attached hydrogen (secondary N) is 2. The lowest BCUT2D eigenvalue weighted by Crippen LogP contribution is -2.45. The van der Waals surface area contributed by atoms with Gasteiger partial charge in [0.2, 0.25) is 0 Å². The van der Waals surface area contributed by atoms with E-state index in [1.807, 2.05) is 31.2 Å². The normalized spacial score (nSPS) is 20.0. The second-order valence-electron chi connectivity index (χ2n) is 5.53. The molecule has 24 heavy (non-hydrogen) atoms. The molecule has 1 saturated heterocycles. The van der Waals surface area contributed by atoms with E-state index in [1.54, 1.807) is 11.0 Å². The summed E-state index contributed by atoms with van der Waals surface area (Å²) < 4.78 is 12.7. The van der Waals surface area contributed by atoms with Crippen LogP contribution >= 0.6 is 0 Å². The molecule has 2 amide bonds. The number of ether oxygens (including phenoxy) is 2. The maximum absolute atomic E-state index is 12.2. The molecule has 2 heterocycles. The molecule has 128 valence electrons. The number of carbonyl (C=O) groups is 1. The molecule has 1 aromatic carbocycles. The Bertz CT molecular complexity index is 661. The highest BCUT2D eigenvalue weighted by Crippen LogP contribution is 2.13. The number of anilines is 1. The zero-order chi connectivity index (χ0) is 16.8. The van der Waals surface area contributed by atoms with E-state index in [2.05, 4.69) is 20.7 Å². The third-order valence-electron chi connectivity index (χ3n) is 3.72. The third kappa shape index (κ3) is 4.30. The van der Waals surface area contributed by atoms with Crippen molar-refractivity contribution in [1.29, 1.82) is 0 Å². The zero-order valence-corrected chi connectivity index (χ0v) is 13.5. The van der Waals surface area contributed by atoms with Gasteiger partial charge in [-0.2, -0.15) is 5.10 Å². The first-order chi connectivity index (χ1) is 11.7. The first-order valence-corrected chi connectivity index (χ1v) is 7.93. The Morgan fingerprint density at radius 3 is 3.17 bits per heavy atom. The Morgan fingerprint density at radius 1 is 1.46 bits per heavy atom. The van der Waals surface area contributed by atoms with Crippen LogP contribution in [0.2, 0.25) is 0 Å². The third-order valence-corrected chi connectivity index (χ3v) is 3.72. The highest BCUT2D eigenvalue weighted by Gasteiger charge is 2.29. The number of nitrogens with zero attached hydrogens (tertiary/aromatic N) is 3. The smallest absolute Gasteiger partial charge is 0.319 e. The molecule has 1 aliphatic heterocycles. The summed E-state index contributed by atoms with van der Waals surface area (Å²) in [6.07, 6.45) is 3.05. The molecule has 0 aliphatic carbocycles. The highest BCUT2D eigenvalue weighted by atomic mass is 16.5. The van der Waals surface area contributed by atoms with Crippen LogP contribution in [0.15, 0.2) is 36.9 Å². The molecule has 2 N–H and O–H groups in total. The van der Waals surface area contributed by atoms with Gasteiger partial charge in [-0.05, 0) is 24.6 Å². The van der Waals surface area contributed by atoms with Crippen LogP contribution < -0.4 is 10.6 Å². The summed E-state index contributed by atoms with van der Waals surface area (Å²) >= 11 is 0. The molecule has 1 aromatic heterocycles. The molecule has 1 fully saturated rings. The van der Waals surface area contributed by atoms with Gasteiger partial charge < -0.3 is 20.1 Å². The van der Waals surface area contributed by atoms with E-state index in [0.29, 0.717) is 26.4 Å². The van der Waals surface area contributed by atoms with Gasteiger partial charge in [-0.15, -0.1) is 0 Å². The monoisotopic (exact) mass is 331 g/mol. The van der Waals surface area contributed by atoms with Crippen molar-refractivity contribution in [3.8, 4) is 0 Å². The zero-order valence-electron chi connectivity index (χ0n) is 13.5. The van der Waals surface area contributed by atoms with Gasteiger partial charge in [0.05, 0.1) is 25.8 Å². The number of urea groups is 1. The van der Waals surface area contributed by atoms with E-state index in [0.717, 1.165) is 11.3 Å². The average Bonchev–Trinajstić information content (AvgIpc) is 3.21. The standard InChI is InChI=1S/C16H21N5O3/c1-2-24-15-9-23-8-14(15)20-16(22)19-13-5-3-4-12(6-13)7-21-11-17-10-18-21/h3-6,10-11,14-15H,2,7-9H2,1H3,(H2,19,20,22)/t14-,15-/m0/s1. The Hall–Kier alpha value is -2.45. The summed E-state index contributed by atoms with van der Waals surface area (Å²) in [5.74, 6) is 0. The molecule has 3 rings (SSSR count). The Kier molecular flexibility index (Phi) is 5.39. The van der Waals surface area contributed by atoms with E-state index >= 15 is 0 Å². The summed E-state index contributed by atoms with van der Waals surface area (Å²) in [5, 5.41) is 9.82. The second-order valence-corrected chi connectivity index (χ2v) is 5.53. The molecule has 2 atom stereocenters. The molecule has 8 nitrogen and oxygen atoms in total. The van der Waals surface area contributed by atoms with E-state index in [9.17, 15) is 4.79 Å². The first kappa shape index (κ1) is 16.4. The fraction of sp³-hybridized carbons (Fsp3) is 0.438. The van der Waals surface area contributed by atoms with Gasteiger partial charge in [0.1, 0.15) is 18.8 Å². The van der Waals surface area contributed by atoms with E-state index in [1.165, 1.54) is 6.33 Å². The number of rotatable bonds is 6. The van der Waals surface area contributed by atoms with Crippen molar-refractivity contribution in [2.75, 3.05) is 25.1 Å². The van der Waals surface area contributed by atoms with Gasteiger partial charge in [-0.25, -0.2) is 14.5 Å². The van der Waals surface area contributed by atoms with Gasteiger partial charge in [0, 0.05) is 12.3 Å². The molecule has 0 radical (unpaired) electrons. The van der Waals surface area contributed by atoms with E-state index < -0.39 is 0 Å². The van der Waals surface area contributed by atoms with Crippen LogP contribution in [-0.2, 0) is 16.0 Å². The lowest BCUT2D eigenvalue weighted by Gasteiger charge is -2.19. The van der Waals surface area contributed by atoms with Crippen molar-refractivity contribution in [3.63, 3.8) is 0 Å². The van der Waals surface area contributed by atoms with E-state index in [4.69, 9.17) is 9.47 Å². The lowest BCUT2D eigenvalue weighted by molar-refractivity contribution is 0.0428. The molecule has 0 unspecified atom stereocenters. The summed E-state index contributed by atoms with van der Waals surface area (Å²) in [4.78, 5) is 16.1. The average molecular weight is 331 g/mol. The lowest BCUT2D eigenvalue weighted by atomic mass is 10.2. The summed E-state index contributed by atoms with van der Waals surface area (Å²) in [6, 6.07) is 7.21. The number of hydrogen-bond donors (Lipinski definition) is 2. The Morgan fingerprint density at radius 2 is 2.38 bits per heavy atom. The van der Waals surface area contributed by atoms with E-state index in [-0.39, 0.29) is 18.2 Å². The van der Waals surface area contributed by atoms with Crippen molar-refractivity contribution < 1.29 is 14.3 Å². The summed E-state index contributed by atoms with van der Waals surface area (Å²) in [6.45, 7) is 4.09. The van der Waals surface area contributed by atoms with Crippen LogP contribution in [0.25, 0.3) is 0 Å². The number of hydrogen-bond acceptors (Lipinski definition) is 5. The Balaban J connectivity index is 1.56. The summed E-state index contributed by atoms with van der Waals surface area (Å²) in [7, 11) is 0. The highest BCUT2D eigenvalue weighted by molar-refractivity contribution is 5.89. The summed E-state index contributed by atoms with van der Waals surface area (Å²) in [5.41, 5.74) is 1.74. The van der Waals surface area contributed by atoms with Gasteiger partial charge in [-0.3, -0.25) is 0 Å². The number of aromatic nitrogens is 3. The van der Waals surface area contributed by atoms with Crippen LogP contribution in [0.1, 0.15) is 12.5 Å². The first-order valence-electron chi connectivity index (χ1n) is 7.93. The minimum atomic E-state index is -0.270. The topological polar surface area (TPSA) is 90.3 Å². The van der Waals surface area contributed by atoms with Gasteiger partial charge in [0.15, 0.2) is 0 Å². The molecule has 2 aromatic rings. The Labute approximate surface area is 140 Å². The molecule has 0 bridgehead atoms. The van der Waals surface area contributed by atoms with Crippen molar-refractivity contribution >= 4 is 11.7 Å². The molecule has 0 saturated carbocycles. The van der Waals surface area contributed by atoms with Gasteiger partial charge in [0.25, 0.3) is 0 Å². The van der Waals surface area contributed by atoms with Crippen molar-refractivity contribution in [2.45, 2.75) is 25.6 Å². The van der Waals surface area contributed by atoms with Gasteiger partial charge in [-0.1, -0.05) is 12.1 Å². The molecular weight excluding hydrogens is 310 g/mol. The van der Waals surface area contributed by atoms with Crippen LogP contribution in [-0.4, -0.2) is 52.8 Å². The maximum Gasteiger partial charge on any atom is 0.319 e. The molecule has 8 heteroatoms. The predicted octanol–water partition coefficient (Wildman–Crippen LogP) is 1.25. The molecule has 0 spiro atoms. The minimum Gasteiger partial charge on any atom is -0.376 e.